The van der Waals surface area contributed by atoms with Crippen LogP contribution in [0.3, 0.4) is 0 Å². The standard InChI is InChI=1S/C17H18ClF2N/c1-2-21-11-14(13-4-3-5-15(19)10-13)8-12-6-7-17(20)16(18)9-12/h3-7,9-10,14,21H,2,8,11H2,1H3. The molecule has 0 saturated heterocycles. The molecule has 2 rings (SSSR count). The predicted molar refractivity (Wildman–Crippen MR) is 82.8 cm³/mol. The minimum absolute atomic E-state index is 0.113. The second kappa shape index (κ2) is 7.53. The van der Waals surface area contributed by atoms with Crippen LogP contribution in [0.1, 0.15) is 24.0 Å². The van der Waals surface area contributed by atoms with E-state index in [0.29, 0.717) is 6.42 Å². The first kappa shape index (κ1) is 15.9. The van der Waals surface area contributed by atoms with Crippen molar-refractivity contribution in [1.82, 2.24) is 5.32 Å². The minimum Gasteiger partial charge on any atom is -0.316 e. The SMILES string of the molecule is CCNCC(Cc1ccc(F)c(Cl)c1)c1cccc(F)c1. The van der Waals surface area contributed by atoms with E-state index in [0.717, 1.165) is 24.2 Å². The highest BCUT2D eigenvalue weighted by molar-refractivity contribution is 6.30. The fourth-order valence-electron chi connectivity index (χ4n) is 2.34. The molecule has 0 radical (unpaired) electrons. The zero-order valence-corrected chi connectivity index (χ0v) is 12.6. The lowest BCUT2D eigenvalue weighted by molar-refractivity contribution is 0.581. The number of benzene rings is 2. The molecule has 1 atom stereocenters. The molecule has 2 aromatic rings. The average Bonchev–Trinajstić information content (AvgIpc) is 2.47. The first-order valence-electron chi connectivity index (χ1n) is 7.00. The van der Waals surface area contributed by atoms with Gasteiger partial charge in [0.25, 0.3) is 0 Å². The molecule has 1 N–H and O–H groups in total. The summed E-state index contributed by atoms with van der Waals surface area (Å²) in [6.07, 6.45) is 0.677. The van der Waals surface area contributed by atoms with Crippen molar-refractivity contribution in [1.29, 1.82) is 0 Å². The Labute approximate surface area is 128 Å². The van der Waals surface area contributed by atoms with Gasteiger partial charge < -0.3 is 5.32 Å². The van der Waals surface area contributed by atoms with Crippen LogP contribution in [-0.2, 0) is 6.42 Å². The molecule has 0 aliphatic carbocycles. The van der Waals surface area contributed by atoms with Crippen LogP contribution >= 0.6 is 11.6 Å². The molecule has 0 amide bonds. The lowest BCUT2D eigenvalue weighted by Crippen LogP contribution is -2.22. The van der Waals surface area contributed by atoms with E-state index in [1.165, 1.54) is 12.1 Å². The summed E-state index contributed by atoms with van der Waals surface area (Å²) in [5.74, 6) is -0.553. The highest BCUT2D eigenvalue weighted by Gasteiger charge is 2.14. The summed E-state index contributed by atoms with van der Waals surface area (Å²) in [5, 5.41) is 3.40. The van der Waals surface area contributed by atoms with Crippen LogP contribution in [0.5, 0.6) is 0 Å². The van der Waals surface area contributed by atoms with Gasteiger partial charge in [0.1, 0.15) is 11.6 Å². The molecule has 0 spiro atoms. The van der Waals surface area contributed by atoms with Crippen LogP contribution in [0.4, 0.5) is 8.78 Å². The van der Waals surface area contributed by atoms with E-state index in [1.807, 2.05) is 13.0 Å². The number of hydrogen-bond donors (Lipinski definition) is 1. The summed E-state index contributed by atoms with van der Waals surface area (Å²) in [4.78, 5) is 0. The van der Waals surface area contributed by atoms with E-state index in [9.17, 15) is 8.78 Å². The molecule has 0 aliphatic rings. The molecule has 112 valence electrons. The smallest absolute Gasteiger partial charge is 0.141 e. The summed E-state index contributed by atoms with van der Waals surface area (Å²) in [7, 11) is 0. The first-order valence-corrected chi connectivity index (χ1v) is 7.38. The van der Waals surface area contributed by atoms with Gasteiger partial charge in [-0.2, -0.15) is 0 Å². The van der Waals surface area contributed by atoms with Gasteiger partial charge in [-0.3, -0.25) is 0 Å². The van der Waals surface area contributed by atoms with Gasteiger partial charge in [0.2, 0.25) is 0 Å². The van der Waals surface area contributed by atoms with Crippen molar-refractivity contribution in [3.05, 3.63) is 70.2 Å². The molecule has 0 aromatic heterocycles. The van der Waals surface area contributed by atoms with Crippen LogP contribution < -0.4 is 5.32 Å². The summed E-state index contributed by atoms with van der Waals surface area (Å²) in [5.41, 5.74) is 1.87. The quantitative estimate of drug-likeness (QED) is 0.825. The predicted octanol–water partition coefficient (Wildman–Crippen LogP) is 4.55. The lowest BCUT2D eigenvalue weighted by atomic mass is 9.91. The number of rotatable bonds is 6. The van der Waals surface area contributed by atoms with Gasteiger partial charge in [0.05, 0.1) is 5.02 Å². The number of likely N-dealkylation sites (N-methyl/N-ethyl adjacent to an activating group) is 1. The number of nitrogens with one attached hydrogen (secondary N) is 1. The zero-order valence-electron chi connectivity index (χ0n) is 11.9. The van der Waals surface area contributed by atoms with Gasteiger partial charge in [0, 0.05) is 12.5 Å². The van der Waals surface area contributed by atoms with Gasteiger partial charge in [-0.05, 0) is 48.4 Å². The Balaban J connectivity index is 2.21. The fourth-order valence-corrected chi connectivity index (χ4v) is 2.54. The highest BCUT2D eigenvalue weighted by atomic mass is 35.5. The molecular formula is C17H18ClF2N. The largest absolute Gasteiger partial charge is 0.316 e. The summed E-state index contributed by atoms with van der Waals surface area (Å²) in [6, 6.07) is 11.3. The maximum atomic E-state index is 13.4. The van der Waals surface area contributed by atoms with Crippen molar-refractivity contribution in [2.45, 2.75) is 19.3 Å². The Morgan fingerprint density at radius 3 is 2.62 bits per heavy atom. The topological polar surface area (TPSA) is 12.0 Å². The summed E-state index contributed by atoms with van der Waals surface area (Å²) >= 11 is 5.82. The fraction of sp³-hybridized carbons (Fsp3) is 0.294. The second-order valence-electron chi connectivity index (χ2n) is 5.01. The second-order valence-corrected chi connectivity index (χ2v) is 5.42. The normalized spacial score (nSPS) is 12.4. The van der Waals surface area contributed by atoms with Gasteiger partial charge >= 0.3 is 0 Å². The molecule has 0 heterocycles. The Bertz CT molecular complexity index is 601. The highest BCUT2D eigenvalue weighted by Crippen LogP contribution is 2.24. The van der Waals surface area contributed by atoms with Gasteiger partial charge in [-0.15, -0.1) is 0 Å². The van der Waals surface area contributed by atoms with Crippen molar-refractivity contribution < 1.29 is 8.78 Å². The minimum atomic E-state index is -0.422. The van der Waals surface area contributed by atoms with Crippen LogP contribution in [-0.4, -0.2) is 13.1 Å². The van der Waals surface area contributed by atoms with E-state index in [4.69, 9.17) is 11.6 Å². The zero-order chi connectivity index (χ0) is 15.2. The van der Waals surface area contributed by atoms with Crippen LogP contribution in [0, 0.1) is 11.6 Å². The Kier molecular flexibility index (Phi) is 5.71. The van der Waals surface area contributed by atoms with Crippen molar-refractivity contribution in [2.75, 3.05) is 13.1 Å². The molecule has 0 fully saturated rings. The molecule has 0 aliphatic heterocycles. The van der Waals surface area contributed by atoms with Crippen LogP contribution in [0.2, 0.25) is 5.02 Å². The molecule has 21 heavy (non-hydrogen) atoms. The van der Waals surface area contributed by atoms with Gasteiger partial charge in [-0.1, -0.05) is 36.7 Å². The van der Waals surface area contributed by atoms with Gasteiger partial charge in [-0.25, -0.2) is 8.78 Å². The Hall–Kier alpha value is -1.45. The molecule has 0 saturated carbocycles. The van der Waals surface area contributed by atoms with Crippen molar-refractivity contribution >= 4 is 11.6 Å². The van der Waals surface area contributed by atoms with Gasteiger partial charge in [0.15, 0.2) is 0 Å². The third kappa shape index (κ3) is 4.51. The van der Waals surface area contributed by atoms with Crippen LogP contribution in [0.15, 0.2) is 42.5 Å². The number of hydrogen-bond acceptors (Lipinski definition) is 1. The molecule has 0 bridgehead atoms. The van der Waals surface area contributed by atoms with E-state index in [2.05, 4.69) is 5.32 Å². The van der Waals surface area contributed by atoms with E-state index in [-0.39, 0.29) is 16.8 Å². The monoisotopic (exact) mass is 309 g/mol. The average molecular weight is 310 g/mol. The van der Waals surface area contributed by atoms with E-state index >= 15 is 0 Å². The molecule has 2 aromatic carbocycles. The molecule has 4 heteroatoms. The van der Waals surface area contributed by atoms with Crippen molar-refractivity contribution in [3.8, 4) is 0 Å². The Morgan fingerprint density at radius 1 is 1.14 bits per heavy atom. The lowest BCUT2D eigenvalue weighted by Gasteiger charge is -2.18. The number of halogens is 3. The van der Waals surface area contributed by atoms with Crippen molar-refractivity contribution in [2.24, 2.45) is 0 Å². The van der Waals surface area contributed by atoms with Crippen molar-refractivity contribution in [3.63, 3.8) is 0 Å². The van der Waals surface area contributed by atoms with E-state index < -0.39 is 5.82 Å². The first-order chi connectivity index (χ1) is 10.1. The molecule has 1 unspecified atom stereocenters. The Morgan fingerprint density at radius 2 is 1.95 bits per heavy atom. The molecule has 1 nitrogen and oxygen atoms in total. The summed E-state index contributed by atoms with van der Waals surface area (Å²) in [6.45, 7) is 3.60. The van der Waals surface area contributed by atoms with E-state index in [1.54, 1.807) is 24.3 Å². The maximum Gasteiger partial charge on any atom is 0.141 e. The third-order valence-electron chi connectivity index (χ3n) is 3.43. The van der Waals surface area contributed by atoms with Crippen LogP contribution in [0.25, 0.3) is 0 Å². The third-order valence-corrected chi connectivity index (χ3v) is 3.72. The summed E-state index contributed by atoms with van der Waals surface area (Å²) < 4.78 is 26.6. The molecular weight excluding hydrogens is 292 g/mol. The maximum absolute atomic E-state index is 13.4.